The van der Waals surface area contributed by atoms with Gasteiger partial charge in [-0.05, 0) is 19.1 Å². The van der Waals surface area contributed by atoms with Gasteiger partial charge >= 0.3 is 0 Å². The van der Waals surface area contributed by atoms with Gasteiger partial charge in [0.1, 0.15) is 24.1 Å². The summed E-state index contributed by atoms with van der Waals surface area (Å²) in [5, 5.41) is 18.5. The van der Waals surface area contributed by atoms with Gasteiger partial charge in [-0.2, -0.15) is 5.10 Å². The third-order valence-electron chi connectivity index (χ3n) is 2.90. The van der Waals surface area contributed by atoms with Crippen LogP contribution in [-0.2, 0) is 11.9 Å². The largest absolute Gasteiger partial charge is 0.505 e. The fourth-order valence-corrected chi connectivity index (χ4v) is 2.14. The van der Waals surface area contributed by atoms with Crippen LogP contribution in [0.25, 0.3) is 0 Å². The van der Waals surface area contributed by atoms with Crippen LogP contribution in [0.5, 0.6) is 5.75 Å². The van der Waals surface area contributed by atoms with E-state index >= 15 is 0 Å². The number of rotatable bonds is 3. The van der Waals surface area contributed by atoms with Gasteiger partial charge in [-0.3, -0.25) is 4.79 Å². The highest BCUT2D eigenvalue weighted by Gasteiger charge is 2.21. The number of hydrogen-bond donors (Lipinski definition) is 1. The van der Waals surface area contributed by atoms with E-state index in [1.165, 1.54) is 14.2 Å². The Morgan fingerprint density at radius 1 is 1.48 bits per heavy atom. The van der Waals surface area contributed by atoms with Crippen molar-refractivity contribution in [3.8, 4) is 5.75 Å². The molecular formula is C14H14ClN3O3. The molecule has 0 saturated heterocycles. The number of aryl methyl sites for hydroxylation is 2. The summed E-state index contributed by atoms with van der Waals surface area (Å²) in [6.45, 7) is 1.60. The summed E-state index contributed by atoms with van der Waals surface area (Å²) in [6, 6.07) is 6.77. The van der Waals surface area contributed by atoms with Gasteiger partial charge in [0.15, 0.2) is 5.75 Å². The van der Waals surface area contributed by atoms with Gasteiger partial charge < -0.3 is 9.94 Å². The molecule has 0 aliphatic heterocycles. The minimum atomic E-state index is -0.478. The number of nitrogens with zero attached hydrogens (tertiary/aromatic N) is 3. The summed E-state index contributed by atoms with van der Waals surface area (Å²) >= 11 is 5.96. The monoisotopic (exact) mass is 307 g/mol. The van der Waals surface area contributed by atoms with Gasteiger partial charge in [-0.15, -0.1) is 0 Å². The van der Waals surface area contributed by atoms with Crippen LogP contribution < -0.4 is 5.56 Å². The van der Waals surface area contributed by atoms with Crippen LogP contribution in [0, 0.1) is 6.92 Å². The lowest BCUT2D eigenvalue weighted by atomic mass is 10.0. The number of benzene rings is 1. The molecule has 0 saturated carbocycles. The lowest BCUT2D eigenvalue weighted by molar-refractivity contribution is 0.213. The molecule has 2 aromatic rings. The molecule has 0 fully saturated rings. The Hall–Kier alpha value is -2.34. The first-order valence-electron chi connectivity index (χ1n) is 6.10. The molecule has 1 aromatic carbocycles. The summed E-state index contributed by atoms with van der Waals surface area (Å²) < 4.78 is 1.14. The number of aromatic nitrogens is 2. The lowest BCUT2D eigenvalue weighted by Crippen LogP contribution is -2.28. The van der Waals surface area contributed by atoms with E-state index < -0.39 is 5.56 Å². The van der Waals surface area contributed by atoms with E-state index in [9.17, 15) is 9.90 Å². The van der Waals surface area contributed by atoms with E-state index in [-0.39, 0.29) is 17.0 Å². The molecular weight excluding hydrogens is 294 g/mol. The maximum atomic E-state index is 12.3. The summed E-state index contributed by atoms with van der Waals surface area (Å²) in [7, 11) is 2.86. The van der Waals surface area contributed by atoms with Crippen molar-refractivity contribution in [2.75, 3.05) is 7.11 Å². The van der Waals surface area contributed by atoms with Crippen molar-refractivity contribution < 1.29 is 9.94 Å². The summed E-state index contributed by atoms with van der Waals surface area (Å²) in [5.74, 6) is -0.228. The van der Waals surface area contributed by atoms with E-state index in [2.05, 4.69) is 10.3 Å². The Bertz CT molecular complexity index is 769. The van der Waals surface area contributed by atoms with E-state index in [1.54, 1.807) is 31.2 Å². The zero-order valence-electron chi connectivity index (χ0n) is 11.8. The second-order valence-corrected chi connectivity index (χ2v) is 4.81. The predicted octanol–water partition coefficient (Wildman–Crippen LogP) is 1.85. The first-order valence-corrected chi connectivity index (χ1v) is 6.47. The second kappa shape index (κ2) is 5.97. The Balaban J connectivity index is 2.77. The first kappa shape index (κ1) is 15.1. The molecule has 110 valence electrons. The Labute approximate surface area is 126 Å². The van der Waals surface area contributed by atoms with Gasteiger partial charge in [0, 0.05) is 17.6 Å². The summed E-state index contributed by atoms with van der Waals surface area (Å²) in [5.41, 5.74) is 0.617. The normalized spacial score (nSPS) is 11.5. The summed E-state index contributed by atoms with van der Waals surface area (Å²) in [6.07, 6.45) is 0. The fraction of sp³-hybridized carbons (Fsp3) is 0.214. The molecule has 0 amide bonds. The molecule has 2 rings (SSSR count). The topological polar surface area (TPSA) is 76.7 Å². The average molecular weight is 308 g/mol. The summed E-state index contributed by atoms with van der Waals surface area (Å²) in [4.78, 5) is 17.1. The van der Waals surface area contributed by atoms with Gasteiger partial charge in [0.25, 0.3) is 5.56 Å². The van der Waals surface area contributed by atoms with Crippen LogP contribution in [-0.4, -0.2) is 27.7 Å². The minimum absolute atomic E-state index is 0.0223. The fourth-order valence-electron chi connectivity index (χ4n) is 1.94. The quantitative estimate of drug-likeness (QED) is 0.693. The molecule has 0 unspecified atom stereocenters. The highest BCUT2D eigenvalue weighted by molar-refractivity contribution is 6.31. The molecule has 1 N–H and O–H groups in total. The average Bonchev–Trinajstić information content (AvgIpc) is 2.44. The van der Waals surface area contributed by atoms with Crippen LogP contribution >= 0.6 is 11.6 Å². The second-order valence-electron chi connectivity index (χ2n) is 4.37. The Morgan fingerprint density at radius 3 is 2.81 bits per heavy atom. The van der Waals surface area contributed by atoms with E-state index in [0.717, 1.165) is 4.68 Å². The molecule has 1 aromatic heterocycles. The van der Waals surface area contributed by atoms with Crippen molar-refractivity contribution in [1.29, 1.82) is 0 Å². The zero-order valence-corrected chi connectivity index (χ0v) is 12.5. The predicted molar refractivity (Wildman–Crippen MR) is 80.0 cm³/mol. The molecule has 6 nitrogen and oxygen atoms in total. The highest BCUT2D eigenvalue weighted by atomic mass is 35.5. The van der Waals surface area contributed by atoms with Crippen molar-refractivity contribution in [3.63, 3.8) is 0 Å². The van der Waals surface area contributed by atoms with Crippen LogP contribution in [0.1, 0.15) is 16.8 Å². The van der Waals surface area contributed by atoms with Crippen molar-refractivity contribution in [3.05, 3.63) is 56.5 Å². The molecule has 0 aliphatic rings. The molecule has 7 heteroatoms. The van der Waals surface area contributed by atoms with Gasteiger partial charge in [-0.25, -0.2) is 4.68 Å². The van der Waals surface area contributed by atoms with Crippen molar-refractivity contribution >= 4 is 17.3 Å². The molecule has 21 heavy (non-hydrogen) atoms. The minimum Gasteiger partial charge on any atom is -0.505 e. The number of oxime groups is 1. The number of hydrogen-bond acceptors (Lipinski definition) is 5. The molecule has 1 heterocycles. The van der Waals surface area contributed by atoms with Gasteiger partial charge in [-0.1, -0.05) is 28.9 Å². The van der Waals surface area contributed by atoms with Crippen LogP contribution in [0.4, 0.5) is 0 Å². The van der Waals surface area contributed by atoms with Crippen molar-refractivity contribution in [2.24, 2.45) is 12.2 Å². The molecule has 0 bridgehead atoms. The molecule has 0 aliphatic carbocycles. The molecule has 0 spiro atoms. The van der Waals surface area contributed by atoms with Gasteiger partial charge in [0.2, 0.25) is 0 Å². The smallest absolute Gasteiger partial charge is 0.279 e. The van der Waals surface area contributed by atoms with E-state index in [4.69, 9.17) is 16.4 Å². The maximum absolute atomic E-state index is 12.3. The van der Waals surface area contributed by atoms with E-state index in [0.29, 0.717) is 16.3 Å². The van der Waals surface area contributed by atoms with Gasteiger partial charge in [0.05, 0.1) is 0 Å². The van der Waals surface area contributed by atoms with Crippen molar-refractivity contribution in [1.82, 2.24) is 9.78 Å². The number of halogens is 1. The van der Waals surface area contributed by atoms with Crippen LogP contribution in [0.3, 0.4) is 0 Å². The first-order chi connectivity index (χ1) is 9.95. The molecule has 0 radical (unpaired) electrons. The third-order valence-corrected chi connectivity index (χ3v) is 3.14. The zero-order chi connectivity index (χ0) is 15.6. The molecule has 0 atom stereocenters. The Kier molecular flexibility index (Phi) is 4.28. The highest BCUT2D eigenvalue weighted by Crippen LogP contribution is 2.22. The standard InChI is InChI=1S/C14H14ClN3O3/c1-8-13(19)11(14(20)18(2)16-8)12(17-21-3)9-5-4-6-10(15)7-9/h4-7,19H,1-3H3/b17-12+. The SMILES string of the molecule is CO/N=C(\c1cccc(Cl)c1)c1c(O)c(C)nn(C)c1=O. The third kappa shape index (κ3) is 2.90. The van der Waals surface area contributed by atoms with Crippen molar-refractivity contribution in [2.45, 2.75) is 6.92 Å². The Morgan fingerprint density at radius 2 is 2.19 bits per heavy atom. The van der Waals surface area contributed by atoms with Crippen LogP contribution in [0.2, 0.25) is 5.02 Å². The van der Waals surface area contributed by atoms with E-state index in [1.807, 2.05) is 0 Å². The lowest BCUT2D eigenvalue weighted by Gasteiger charge is -2.11. The number of aromatic hydroxyl groups is 1. The van der Waals surface area contributed by atoms with Crippen LogP contribution in [0.15, 0.2) is 34.2 Å². The maximum Gasteiger partial charge on any atom is 0.279 e.